The fraction of sp³-hybridized carbons (Fsp3) is 0.312. The van der Waals surface area contributed by atoms with Gasteiger partial charge in [0, 0.05) is 12.1 Å². The van der Waals surface area contributed by atoms with Crippen LogP contribution in [0.3, 0.4) is 0 Å². The van der Waals surface area contributed by atoms with E-state index in [1.165, 1.54) is 11.0 Å². The maximum atomic E-state index is 12.4. The molecule has 132 valence electrons. The molecule has 0 aliphatic heterocycles. The summed E-state index contributed by atoms with van der Waals surface area (Å²) in [6.45, 7) is -0.385. The minimum absolute atomic E-state index is 0.0217. The van der Waals surface area contributed by atoms with Crippen LogP contribution in [0.1, 0.15) is 29.1 Å². The molecule has 9 heteroatoms. The van der Waals surface area contributed by atoms with Gasteiger partial charge < -0.3 is 19.3 Å². The first kappa shape index (κ1) is 17.6. The summed E-state index contributed by atoms with van der Waals surface area (Å²) in [4.78, 5) is 24.6. The molecule has 3 rings (SSSR count). The third-order valence-corrected chi connectivity index (χ3v) is 4.21. The molecule has 0 bridgehead atoms. The molecular weight excluding hydrogens is 371 g/mol. The molecule has 0 saturated heterocycles. The van der Waals surface area contributed by atoms with E-state index in [4.69, 9.17) is 37.6 Å². The smallest absolute Gasteiger partial charge is 0.323 e. The topological polar surface area (TPSA) is 92.9 Å². The van der Waals surface area contributed by atoms with Gasteiger partial charge in [0.15, 0.2) is 17.2 Å². The Morgan fingerprint density at radius 2 is 2.00 bits per heavy atom. The molecule has 1 aromatic carbocycles. The second-order valence-electron chi connectivity index (χ2n) is 5.58. The number of amides is 1. The highest BCUT2D eigenvalue weighted by molar-refractivity contribution is 6.37. The molecule has 0 unspecified atom stereocenters. The maximum Gasteiger partial charge on any atom is 0.323 e. The van der Waals surface area contributed by atoms with Crippen molar-refractivity contribution in [2.45, 2.75) is 25.5 Å². The lowest BCUT2D eigenvalue weighted by molar-refractivity contribution is -0.137. The molecular formula is C16H14Cl2N2O5. The molecule has 2 aromatic rings. The molecule has 1 amide bonds. The number of benzene rings is 1. The summed E-state index contributed by atoms with van der Waals surface area (Å²) in [7, 11) is 0. The summed E-state index contributed by atoms with van der Waals surface area (Å²) in [5.74, 6) is -0.942. The summed E-state index contributed by atoms with van der Waals surface area (Å²) in [5, 5.41) is 13.4. The van der Waals surface area contributed by atoms with Crippen LogP contribution in [0.25, 0.3) is 0 Å². The van der Waals surface area contributed by atoms with Crippen LogP contribution in [-0.2, 0) is 11.4 Å². The number of hydrogen-bond acceptors (Lipinski definition) is 5. The van der Waals surface area contributed by atoms with E-state index in [0.717, 1.165) is 12.8 Å². The Kier molecular flexibility index (Phi) is 5.15. The normalized spacial score (nSPS) is 13.5. The van der Waals surface area contributed by atoms with Crippen molar-refractivity contribution in [3.8, 4) is 5.75 Å². The SMILES string of the molecule is O=C(O)CN(C(=O)c1cc(COc2c(Cl)cccc2Cl)on1)C1CC1. The average molecular weight is 385 g/mol. The van der Waals surface area contributed by atoms with Crippen molar-refractivity contribution in [1.29, 1.82) is 0 Å². The number of nitrogens with zero attached hydrogens (tertiary/aromatic N) is 2. The third-order valence-electron chi connectivity index (χ3n) is 3.61. The van der Waals surface area contributed by atoms with Crippen molar-refractivity contribution in [3.63, 3.8) is 0 Å². The number of carboxylic acid groups (broad SMARTS) is 1. The van der Waals surface area contributed by atoms with Crippen LogP contribution >= 0.6 is 23.2 Å². The Balaban J connectivity index is 1.67. The Morgan fingerprint density at radius 3 is 2.60 bits per heavy atom. The molecule has 1 aromatic heterocycles. The predicted molar refractivity (Wildman–Crippen MR) is 89.0 cm³/mol. The van der Waals surface area contributed by atoms with Gasteiger partial charge in [0.2, 0.25) is 0 Å². The molecule has 0 spiro atoms. The molecule has 1 heterocycles. The standard InChI is InChI=1S/C16H14Cl2N2O5/c17-11-2-1-3-12(18)15(11)24-8-10-6-13(19-25-10)16(23)20(7-14(21)22)9-4-5-9/h1-3,6,9H,4-5,7-8H2,(H,21,22). The Hall–Kier alpha value is -2.25. The highest BCUT2D eigenvalue weighted by Crippen LogP contribution is 2.33. The molecule has 1 saturated carbocycles. The lowest BCUT2D eigenvalue weighted by Crippen LogP contribution is -2.37. The fourth-order valence-electron chi connectivity index (χ4n) is 2.29. The molecule has 7 nitrogen and oxygen atoms in total. The van der Waals surface area contributed by atoms with Crippen molar-refractivity contribution < 1.29 is 24.0 Å². The zero-order chi connectivity index (χ0) is 18.0. The number of para-hydroxylation sites is 1. The minimum atomic E-state index is -1.07. The van der Waals surface area contributed by atoms with Crippen molar-refractivity contribution in [3.05, 3.63) is 45.8 Å². The van der Waals surface area contributed by atoms with E-state index < -0.39 is 11.9 Å². The maximum absolute atomic E-state index is 12.4. The number of aromatic nitrogens is 1. The highest BCUT2D eigenvalue weighted by Gasteiger charge is 2.35. The lowest BCUT2D eigenvalue weighted by Gasteiger charge is -2.18. The Morgan fingerprint density at radius 1 is 1.32 bits per heavy atom. The van der Waals surface area contributed by atoms with Crippen molar-refractivity contribution in [2.24, 2.45) is 0 Å². The van der Waals surface area contributed by atoms with Gasteiger partial charge in [-0.05, 0) is 25.0 Å². The molecule has 25 heavy (non-hydrogen) atoms. The van der Waals surface area contributed by atoms with Gasteiger partial charge in [-0.2, -0.15) is 0 Å². The van der Waals surface area contributed by atoms with E-state index in [9.17, 15) is 9.59 Å². The number of ether oxygens (including phenoxy) is 1. The van der Waals surface area contributed by atoms with Gasteiger partial charge in [0.1, 0.15) is 13.2 Å². The molecule has 1 aliphatic rings. The van der Waals surface area contributed by atoms with E-state index >= 15 is 0 Å². The monoisotopic (exact) mass is 384 g/mol. The number of halogens is 2. The molecule has 1 fully saturated rings. The molecule has 0 radical (unpaired) electrons. The number of carboxylic acids is 1. The number of aliphatic carboxylic acids is 1. The zero-order valence-corrected chi connectivity index (χ0v) is 14.5. The van der Waals surface area contributed by atoms with Gasteiger partial charge >= 0.3 is 5.97 Å². The van der Waals surface area contributed by atoms with Crippen molar-refractivity contribution in [2.75, 3.05) is 6.54 Å². The fourth-order valence-corrected chi connectivity index (χ4v) is 2.80. The van der Waals surface area contributed by atoms with Crippen LogP contribution in [0.4, 0.5) is 0 Å². The van der Waals surface area contributed by atoms with E-state index in [2.05, 4.69) is 5.16 Å². The first-order valence-corrected chi connectivity index (χ1v) is 8.26. The summed E-state index contributed by atoms with van der Waals surface area (Å²) >= 11 is 12.0. The van der Waals surface area contributed by atoms with Gasteiger partial charge in [-0.1, -0.05) is 34.4 Å². The summed E-state index contributed by atoms with van der Waals surface area (Å²) in [6, 6.07) is 6.33. The lowest BCUT2D eigenvalue weighted by atomic mass is 10.3. The second kappa shape index (κ2) is 7.33. The van der Waals surface area contributed by atoms with E-state index in [-0.39, 0.29) is 24.9 Å². The van der Waals surface area contributed by atoms with E-state index in [1.807, 2.05) is 0 Å². The van der Waals surface area contributed by atoms with Crippen LogP contribution in [0.15, 0.2) is 28.8 Å². The van der Waals surface area contributed by atoms with E-state index in [1.54, 1.807) is 18.2 Å². The highest BCUT2D eigenvalue weighted by atomic mass is 35.5. The quantitative estimate of drug-likeness (QED) is 0.787. The minimum Gasteiger partial charge on any atom is -0.482 e. The largest absolute Gasteiger partial charge is 0.482 e. The number of rotatable bonds is 7. The van der Waals surface area contributed by atoms with Gasteiger partial charge in [0.05, 0.1) is 10.0 Å². The van der Waals surface area contributed by atoms with Crippen LogP contribution < -0.4 is 4.74 Å². The van der Waals surface area contributed by atoms with Crippen LogP contribution in [0.5, 0.6) is 5.75 Å². The summed E-state index contributed by atoms with van der Waals surface area (Å²) in [6.07, 6.45) is 1.58. The molecule has 1 N–H and O–H groups in total. The molecule has 1 aliphatic carbocycles. The predicted octanol–water partition coefficient (Wildman–Crippen LogP) is 3.25. The second-order valence-corrected chi connectivity index (χ2v) is 6.39. The summed E-state index contributed by atoms with van der Waals surface area (Å²) < 4.78 is 10.6. The van der Waals surface area contributed by atoms with Crippen LogP contribution in [0.2, 0.25) is 10.0 Å². The van der Waals surface area contributed by atoms with Gasteiger partial charge in [-0.15, -0.1) is 0 Å². The van der Waals surface area contributed by atoms with Crippen molar-refractivity contribution >= 4 is 35.1 Å². The van der Waals surface area contributed by atoms with E-state index in [0.29, 0.717) is 21.6 Å². The van der Waals surface area contributed by atoms with Crippen LogP contribution in [0, 0.1) is 0 Å². The van der Waals surface area contributed by atoms with Gasteiger partial charge in [0.25, 0.3) is 5.91 Å². The van der Waals surface area contributed by atoms with Gasteiger partial charge in [-0.3, -0.25) is 9.59 Å². The number of carbonyl (C=O) groups is 2. The number of hydrogen-bond donors (Lipinski definition) is 1. The third kappa shape index (κ3) is 4.24. The van der Waals surface area contributed by atoms with Gasteiger partial charge in [-0.25, -0.2) is 0 Å². The first-order chi connectivity index (χ1) is 12.0. The van der Waals surface area contributed by atoms with Crippen molar-refractivity contribution in [1.82, 2.24) is 10.1 Å². The Labute approximate surface area is 153 Å². The molecule has 0 atom stereocenters. The van der Waals surface area contributed by atoms with Crippen LogP contribution in [-0.4, -0.2) is 39.6 Å². The summed E-state index contributed by atoms with van der Waals surface area (Å²) in [5.41, 5.74) is 0.0389. The average Bonchev–Trinajstić information content (AvgIpc) is 3.29. The Bertz CT molecular complexity index is 783. The zero-order valence-electron chi connectivity index (χ0n) is 12.9. The first-order valence-electron chi connectivity index (χ1n) is 7.51. The number of carbonyl (C=O) groups excluding carboxylic acids is 1.